The highest BCUT2D eigenvalue weighted by atomic mass is 19.4. The molecule has 0 spiro atoms. The van der Waals surface area contributed by atoms with Gasteiger partial charge in [-0.15, -0.1) is 0 Å². The van der Waals surface area contributed by atoms with Crippen molar-refractivity contribution in [2.75, 3.05) is 6.54 Å². The van der Waals surface area contributed by atoms with E-state index in [1.165, 1.54) is 4.90 Å². The van der Waals surface area contributed by atoms with E-state index in [0.717, 1.165) is 19.3 Å². The molecule has 0 aromatic rings. The maximum Gasteiger partial charge on any atom is 0.390 e. The number of carbonyl (C=O) groups excluding carboxylic acids is 1. The van der Waals surface area contributed by atoms with Crippen molar-refractivity contribution in [1.29, 1.82) is 0 Å². The minimum absolute atomic E-state index is 0.170. The average molecular weight is 280 g/mol. The number of nitrogens with zero attached hydrogens (tertiary/aromatic N) is 1. The summed E-state index contributed by atoms with van der Waals surface area (Å²) in [4.78, 5) is 13.5. The van der Waals surface area contributed by atoms with E-state index in [-0.39, 0.29) is 24.7 Å². The Bertz CT molecular complexity index is 294. The van der Waals surface area contributed by atoms with Crippen molar-refractivity contribution in [3.63, 3.8) is 0 Å². The van der Waals surface area contributed by atoms with Crippen LogP contribution in [-0.2, 0) is 4.79 Å². The molecule has 0 aromatic carbocycles. The van der Waals surface area contributed by atoms with Gasteiger partial charge in [0.2, 0.25) is 5.91 Å². The SMILES string of the molecule is CCCCC1NC(CCC)N(CCC(F)(F)F)C1=O. The van der Waals surface area contributed by atoms with E-state index in [1.54, 1.807) is 0 Å². The molecule has 19 heavy (non-hydrogen) atoms. The largest absolute Gasteiger partial charge is 0.390 e. The van der Waals surface area contributed by atoms with Crippen LogP contribution < -0.4 is 5.32 Å². The van der Waals surface area contributed by atoms with Crippen molar-refractivity contribution >= 4 is 5.91 Å². The van der Waals surface area contributed by atoms with Crippen molar-refractivity contribution in [1.82, 2.24) is 10.2 Å². The maximum absolute atomic E-state index is 12.3. The van der Waals surface area contributed by atoms with Gasteiger partial charge in [-0.3, -0.25) is 10.1 Å². The van der Waals surface area contributed by atoms with Gasteiger partial charge < -0.3 is 4.90 Å². The number of halogens is 3. The number of carbonyl (C=O) groups is 1. The van der Waals surface area contributed by atoms with E-state index in [1.807, 2.05) is 13.8 Å². The second kappa shape index (κ2) is 7.12. The highest BCUT2D eigenvalue weighted by molar-refractivity contribution is 5.84. The predicted octanol–water partition coefficient (Wildman–Crippen LogP) is 3.06. The van der Waals surface area contributed by atoms with Crippen LogP contribution in [-0.4, -0.2) is 35.7 Å². The number of unbranched alkanes of at least 4 members (excludes halogenated alkanes) is 1. The molecule has 1 aliphatic rings. The molecule has 1 aliphatic heterocycles. The fraction of sp³-hybridized carbons (Fsp3) is 0.923. The van der Waals surface area contributed by atoms with Gasteiger partial charge in [0.25, 0.3) is 0 Å². The Labute approximate surface area is 112 Å². The van der Waals surface area contributed by atoms with E-state index in [4.69, 9.17) is 0 Å². The molecule has 0 radical (unpaired) electrons. The van der Waals surface area contributed by atoms with Crippen LogP contribution in [0.25, 0.3) is 0 Å². The van der Waals surface area contributed by atoms with Gasteiger partial charge in [0.05, 0.1) is 18.6 Å². The third-order valence-electron chi connectivity index (χ3n) is 3.40. The van der Waals surface area contributed by atoms with Crippen LogP contribution in [0, 0.1) is 0 Å². The molecule has 0 saturated carbocycles. The average Bonchev–Trinajstić information content (AvgIpc) is 2.60. The van der Waals surface area contributed by atoms with E-state index in [9.17, 15) is 18.0 Å². The standard InChI is InChI=1S/C13H23F3N2O/c1-3-5-7-10-12(19)18(9-8-13(14,15)16)11(17-10)6-4-2/h10-11,17H,3-9H2,1-2H3. The second-order valence-corrected chi connectivity index (χ2v) is 5.06. The topological polar surface area (TPSA) is 32.3 Å². The second-order valence-electron chi connectivity index (χ2n) is 5.06. The lowest BCUT2D eigenvalue weighted by molar-refractivity contribution is -0.145. The van der Waals surface area contributed by atoms with Gasteiger partial charge in [-0.2, -0.15) is 13.2 Å². The van der Waals surface area contributed by atoms with Gasteiger partial charge in [-0.25, -0.2) is 0 Å². The Balaban J connectivity index is 2.60. The fourth-order valence-electron chi connectivity index (χ4n) is 2.39. The molecule has 2 atom stereocenters. The molecule has 3 nitrogen and oxygen atoms in total. The third kappa shape index (κ3) is 5.01. The Kier molecular flexibility index (Phi) is 6.10. The van der Waals surface area contributed by atoms with Gasteiger partial charge in [-0.05, 0) is 12.8 Å². The number of hydrogen-bond donors (Lipinski definition) is 1. The molecular weight excluding hydrogens is 257 g/mol. The van der Waals surface area contributed by atoms with E-state index < -0.39 is 12.6 Å². The van der Waals surface area contributed by atoms with Crippen molar-refractivity contribution in [2.45, 2.75) is 70.8 Å². The summed E-state index contributed by atoms with van der Waals surface area (Å²) in [5.74, 6) is -0.170. The van der Waals surface area contributed by atoms with Crippen molar-refractivity contribution in [2.24, 2.45) is 0 Å². The first kappa shape index (κ1) is 16.3. The number of nitrogens with one attached hydrogen (secondary N) is 1. The summed E-state index contributed by atoms with van der Waals surface area (Å²) in [6.07, 6.45) is -1.23. The zero-order valence-electron chi connectivity index (χ0n) is 11.6. The van der Waals surface area contributed by atoms with Crippen LogP contribution in [0.15, 0.2) is 0 Å². The first-order chi connectivity index (χ1) is 8.89. The summed E-state index contributed by atoms with van der Waals surface area (Å²) >= 11 is 0. The molecule has 0 bridgehead atoms. The molecule has 6 heteroatoms. The monoisotopic (exact) mass is 280 g/mol. The molecule has 1 amide bonds. The Morgan fingerprint density at radius 2 is 1.89 bits per heavy atom. The number of amides is 1. The Morgan fingerprint density at radius 1 is 1.21 bits per heavy atom. The van der Waals surface area contributed by atoms with Gasteiger partial charge in [0, 0.05) is 6.54 Å². The molecule has 1 saturated heterocycles. The quantitative estimate of drug-likeness (QED) is 0.777. The van der Waals surface area contributed by atoms with Crippen LogP contribution in [0.2, 0.25) is 0 Å². The number of rotatable bonds is 7. The normalized spacial score (nSPS) is 24.3. The van der Waals surface area contributed by atoms with Crippen LogP contribution in [0.4, 0.5) is 13.2 Å². The zero-order valence-corrected chi connectivity index (χ0v) is 11.6. The van der Waals surface area contributed by atoms with Crippen LogP contribution >= 0.6 is 0 Å². The van der Waals surface area contributed by atoms with Crippen LogP contribution in [0.1, 0.15) is 52.4 Å². The lowest BCUT2D eigenvalue weighted by Crippen LogP contribution is -2.39. The minimum Gasteiger partial charge on any atom is -0.325 e. The number of hydrogen-bond acceptors (Lipinski definition) is 2. The van der Waals surface area contributed by atoms with Gasteiger partial charge in [0.1, 0.15) is 0 Å². The lowest BCUT2D eigenvalue weighted by Gasteiger charge is -2.24. The lowest BCUT2D eigenvalue weighted by atomic mass is 10.1. The van der Waals surface area contributed by atoms with E-state index in [0.29, 0.717) is 12.8 Å². The molecule has 1 fully saturated rings. The summed E-state index contributed by atoms with van der Waals surface area (Å²) in [6, 6.07) is -0.301. The number of alkyl halides is 3. The smallest absolute Gasteiger partial charge is 0.325 e. The molecular formula is C13H23F3N2O. The fourth-order valence-corrected chi connectivity index (χ4v) is 2.39. The Hall–Kier alpha value is -0.780. The summed E-state index contributed by atoms with van der Waals surface area (Å²) < 4.78 is 36.9. The zero-order chi connectivity index (χ0) is 14.5. The van der Waals surface area contributed by atoms with E-state index >= 15 is 0 Å². The van der Waals surface area contributed by atoms with Crippen LogP contribution in [0.5, 0.6) is 0 Å². The van der Waals surface area contributed by atoms with Gasteiger partial charge in [-0.1, -0.05) is 33.1 Å². The minimum atomic E-state index is -4.21. The summed E-state index contributed by atoms with van der Waals surface area (Å²) in [5, 5.41) is 3.17. The van der Waals surface area contributed by atoms with Crippen molar-refractivity contribution in [3.8, 4) is 0 Å². The van der Waals surface area contributed by atoms with E-state index in [2.05, 4.69) is 5.32 Å². The first-order valence-corrected chi connectivity index (χ1v) is 7.02. The first-order valence-electron chi connectivity index (χ1n) is 7.02. The predicted molar refractivity (Wildman–Crippen MR) is 67.5 cm³/mol. The third-order valence-corrected chi connectivity index (χ3v) is 3.40. The molecule has 1 N–H and O–H groups in total. The highest BCUT2D eigenvalue weighted by Crippen LogP contribution is 2.24. The maximum atomic E-state index is 12.3. The van der Waals surface area contributed by atoms with Crippen molar-refractivity contribution in [3.05, 3.63) is 0 Å². The molecule has 0 aromatic heterocycles. The van der Waals surface area contributed by atoms with Crippen molar-refractivity contribution < 1.29 is 18.0 Å². The molecule has 0 aliphatic carbocycles. The van der Waals surface area contributed by atoms with Gasteiger partial charge >= 0.3 is 6.18 Å². The summed E-state index contributed by atoms with van der Waals surface area (Å²) in [7, 11) is 0. The highest BCUT2D eigenvalue weighted by Gasteiger charge is 2.39. The molecule has 112 valence electrons. The molecule has 1 heterocycles. The molecule has 2 unspecified atom stereocenters. The van der Waals surface area contributed by atoms with Gasteiger partial charge in [0.15, 0.2) is 0 Å². The molecule has 1 rings (SSSR count). The Morgan fingerprint density at radius 3 is 2.42 bits per heavy atom. The summed E-state index contributed by atoms with van der Waals surface area (Å²) in [5.41, 5.74) is 0. The van der Waals surface area contributed by atoms with Crippen LogP contribution in [0.3, 0.4) is 0 Å². The summed E-state index contributed by atoms with van der Waals surface area (Å²) in [6.45, 7) is 3.76.